The summed E-state index contributed by atoms with van der Waals surface area (Å²) in [5, 5.41) is 11.5. The number of hydrogen-bond acceptors (Lipinski definition) is 4. The molecule has 0 aromatic carbocycles. The summed E-state index contributed by atoms with van der Waals surface area (Å²) in [5.74, 6) is 0.914. The van der Waals surface area contributed by atoms with E-state index in [0.717, 1.165) is 31.0 Å². The van der Waals surface area contributed by atoms with Crippen molar-refractivity contribution >= 4 is 0 Å². The molecule has 84 valence electrons. The fourth-order valence-electron chi connectivity index (χ4n) is 2.13. The van der Waals surface area contributed by atoms with Crippen LogP contribution in [0.5, 0.6) is 0 Å². The van der Waals surface area contributed by atoms with Crippen LogP contribution in [0.15, 0.2) is 18.6 Å². The number of imidazole rings is 1. The summed E-state index contributed by atoms with van der Waals surface area (Å²) < 4.78 is 3.96. The van der Waals surface area contributed by atoms with Crippen LogP contribution in [-0.2, 0) is 7.05 Å². The minimum Gasteiger partial charge on any atom is -0.333 e. The van der Waals surface area contributed by atoms with E-state index in [0.29, 0.717) is 6.04 Å². The quantitative estimate of drug-likeness (QED) is 0.783. The van der Waals surface area contributed by atoms with Crippen molar-refractivity contribution in [1.82, 2.24) is 29.9 Å². The van der Waals surface area contributed by atoms with Crippen LogP contribution in [0.4, 0.5) is 0 Å². The van der Waals surface area contributed by atoms with E-state index in [1.807, 2.05) is 22.5 Å². The summed E-state index contributed by atoms with van der Waals surface area (Å²) in [6.07, 6.45) is 6.60. The second-order valence-corrected chi connectivity index (χ2v) is 4.07. The first kappa shape index (κ1) is 9.53. The molecule has 0 spiro atoms. The molecule has 3 rings (SSSR count). The fraction of sp³-hybridized carbons (Fsp3) is 0.500. The molecule has 3 heterocycles. The van der Waals surface area contributed by atoms with Crippen molar-refractivity contribution in [2.45, 2.75) is 12.5 Å². The minimum atomic E-state index is 0.397. The van der Waals surface area contributed by atoms with E-state index in [1.165, 1.54) is 0 Å². The van der Waals surface area contributed by atoms with Gasteiger partial charge in [0.25, 0.3) is 0 Å². The third-order valence-electron chi connectivity index (χ3n) is 3.01. The maximum Gasteiger partial charge on any atom is 0.159 e. The lowest BCUT2D eigenvalue weighted by molar-refractivity contribution is 0.479. The molecule has 1 unspecified atom stereocenters. The molecule has 1 atom stereocenters. The molecule has 1 aliphatic rings. The highest BCUT2D eigenvalue weighted by Gasteiger charge is 2.21. The molecule has 0 aliphatic carbocycles. The predicted molar refractivity (Wildman–Crippen MR) is 58.7 cm³/mol. The minimum absolute atomic E-state index is 0.397. The Balaban J connectivity index is 2.02. The number of hydrogen-bond donors (Lipinski definition) is 1. The maximum atomic E-state index is 4.33. The van der Waals surface area contributed by atoms with Crippen molar-refractivity contribution < 1.29 is 0 Å². The standard InChI is InChI=1S/C10H14N6/c1-15-5-4-12-10(15)9-7-13-14-16(9)8-2-3-11-6-8/h4-5,7-8,11H,2-3,6H2,1H3. The zero-order valence-corrected chi connectivity index (χ0v) is 9.17. The highest BCUT2D eigenvalue weighted by Crippen LogP contribution is 2.22. The van der Waals surface area contributed by atoms with Crippen LogP contribution in [0, 0.1) is 0 Å². The molecular formula is C10H14N6. The third-order valence-corrected chi connectivity index (χ3v) is 3.01. The Hall–Kier alpha value is -1.69. The van der Waals surface area contributed by atoms with Crippen molar-refractivity contribution in [3.63, 3.8) is 0 Å². The van der Waals surface area contributed by atoms with Crippen molar-refractivity contribution in [1.29, 1.82) is 0 Å². The van der Waals surface area contributed by atoms with Gasteiger partial charge < -0.3 is 9.88 Å². The Bertz CT molecular complexity index is 479. The third kappa shape index (κ3) is 1.42. The maximum absolute atomic E-state index is 4.33. The molecule has 16 heavy (non-hydrogen) atoms. The lowest BCUT2D eigenvalue weighted by Crippen LogP contribution is -2.16. The van der Waals surface area contributed by atoms with E-state index in [-0.39, 0.29) is 0 Å². The molecule has 0 saturated carbocycles. The molecule has 6 heteroatoms. The molecule has 2 aromatic rings. The molecule has 1 saturated heterocycles. The summed E-state index contributed by atoms with van der Waals surface area (Å²) in [6, 6.07) is 0.397. The van der Waals surface area contributed by atoms with E-state index in [4.69, 9.17) is 0 Å². The summed E-state index contributed by atoms with van der Waals surface area (Å²) >= 11 is 0. The van der Waals surface area contributed by atoms with Crippen LogP contribution in [-0.4, -0.2) is 37.6 Å². The summed E-state index contributed by atoms with van der Waals surface area (Å²) in [7, 11) is 1.98. The summed E-state index contributed by atoms with van der Waals surface area (Å²) in [4.78, 5) is 4.33. The van der Waals surface area contributed by atoms with Gasteiger partial charge in [-0.25, -0.2) is 9.67 Å². The molecule has 6 nitrogen and oxygen atoms in total. The van der Waals surface area contributed by atoms with Crippen LogP contribution in [0.2, 0.25) is 0 Å². The number of nitrogens with one attached hydrogen (secondary N) is 1. The van der Waals surface area contributed by atoms with E-state index in [9.17, 15) is 0 Å². The molecule has 2 aromatic heterocycles. The van der Waals surface area contributed by atoms with Crippen molar-refractivity contribution in [2.24, 2.45) is 7.05 Å². The highest BCUT2D eigenvalue weighted by atomic mass is 15.4. The Labute approximate surface area is 93.3 Å². The van der Waals surface area contributed by atoms with Crippen molar-refractivity contribution in [3.8, 4) is 11.5 Å². The Morgan fingerprint density at radius 3 is 3.12 bits per heavy atom. The first-order chi connectivity index (χ1) is 7.86. The topological polar surface area (TPSA) is 60.6 Å². The Morgan fingerprint density at radius 1 is 1.50 bits per heavy atom. The van der Waals surface area contributed by atoms with Gasteiger partial charge in [-0.3, -0.25) is 0 Å². The second kappa shape index (κ2) is 3.71. The largest absolute Gasteiger partial charge is 0.333 e. The summed E-state index contributed by atoms with van der Waals surface area (Å²) in [6.45, 7) is 2.01. The fourth-order valence-corrected chi connectivity index (χ4v) is 2.13. The Morgan fingerprint density at radius 2 is 2.44 bits per heavy atom. The predicted octanol–water partition coefficient (Wildman–Crippen LogP) is 0.213. The van der Waals surface area contributed by atoms with Crippen LogP contribution < -0.4 is 5.32 Å². The second-order valence-electron chi connectivity index (χ2n) is 4.07. The lowest BCUT2D eigenvalue weighted by Gasteiger charge is -2.11. The average molecular weight is 218 g/mol. The zero-order valence-electron chi connectivity index (χ0n) is 9.17. The van der Waals surface area contributed by atoms with E-state index < -0.39 is 0 Å². The summed E-state index contributed by atoms with van der Waals surface area (Å²) in [5.41, 5.74) is 0.987. The van der Waals surface area contributed by atoms with Crippen molar-refractivity contribution in [3.05, 3.63) is 18.6 Å². The molecular weight excluding hydrogens is 204 g/mol. The van der Waals surface area contributed by atoms with Crippen LogP contribution >= 0.6 is 0 Å². The SMILES string of the molecule is Cn1ccnc1-c1cnnn1C1CCNC1. The average Bonchev–Trinajstić information content (AvgIpc) is 2.95. The van der Waals surface area contributed by atoms with Gasteiger partial charge in [0.15, 0.2) is 5.82 Å². The van der Waals surface area contributed by atoms with Gasteiger partial charge in [-0.1, -0.05) is 5.21 Å². The van der Waals surface area contributed by atoms with Gasteiger partial charge in [-0.2, -0.15) is 0 Å². The molecule has 1 N–H and O–H groups in total. The van der Waals surface area contributed by atoms with Gasteiger partial charge >= 0.3 is 0 Å². The number of rotatable bonds is 2. The number of aryl methyl sites for hydroxylation is 1. The number of aromatic nitrogens is 5. The first-order valence-corrected chi connectivity index (χ1v) is 5.45. The lowest BCUT2D eigenvalue weighted by atomic mass is 10.2. The van der Waals surface area contributed by atoms with Gasteiger partial charge in [0.05, 0.1) is 12.2 Å². The van der Waals surface area contributed by atoms with Gasteiger partial charge in [-0.15, -0.1) is 5.10 Å². The monoisotopic (exact) mass is 218 g/mol. The smallest absolute Gasteiger partial charge is 0.159 e. The van der Waals surface area contributed by atoms with Gasteiger partial charge in [0, 0.05) is 26.0 Å². The van der Waals surface area contributed by atoms with E-state index in [2.05, 4.69) is 20.6 Å². The normalized spacial score (nSPS) is 20.4. The van der Waals surface area contributed by atoms with Gasteiger partial charge in [0.2, 0.25) is 0 Å². The number of nitrogens with zero attached hydrogens (tertiary/aromatic N) is 5. The van der Waals surface area contributed by atoms with E-state index in [1.54, 1.807) is 12.4 Å². The van der Waals surface area contributed by atoms with Crippen molar-refractivity contribution in [2.75, 3.05) is 13.1 Å². The van der Waals surface area contributed by atoms with E-state index >= 15 is 0 Å². The molecule has 0 radical (unpaired) electrons. The van der Waals surface area contributed by atoms with Gasteiger partial charge in [0.1, 0.15) is 5.69 Å². The first-order valence-electron chi connectivity index (χ1n) is 5.45. The van der Waals surface area contributed by atoms with Gasteiger partial charge in [-0.05, 0) is 13.0 Å². The highest BCUT2D eigenvalue weighted by molar-refractivity contribution is 5.48. The Kier molecular flexibility index (Phi) is 2.21. The van der Waals surface area contributed by atoms with Crippen LogP contribution in [0.1, 0.15) is 12.5 Å². The molecule has 0 bridgehead atoms. The molecule has 1 fully saturated rings. The molecule has 1 aliphatic heterocycles. The molecule has 0 amide bonds. The van der Waals surface area contributed by atoms with Crippen LogP contribution in [0.25, 0.3) is 11.5 Å². The van der Waals surface area contributed by atoms with Crippen LogP contribution in [0.3, 0.4) is 0 Å². The zero-order chi connectivity index (χ0) is 11.0.